The number of hydrogen-bond donors (Lipinski definition) is 2. The van der Waals surface area contributed by atoms with Gasteiger partial charge in [0.2, 0.25) is 10.0 Å². The first-order valence-electron chi connectivity index (χ1n) is 7.85. The SMILES string of the molecule is CNC(C)Cc1noc(-c2cc(S(=O)(=O)NC(C)(C)C)ccc2Cl)n1. The lowest BCUT2D eigenvalue weighted by Gasteiger charge is -2.20. The van der Waals surface area contributed by atoms with Gasteiger partial charge in [-0.2, -0.15) is 4.98 Å². The summed E-state index contributed by atoms with van der Waals surface area (Å²) in [5.41, 5.74) is -0.214. The van der Waals surface area contributed by atoms with E-state index >= 15 is 0 Å². The van der Waals surface area contributed by atoms with Gasteiger partial charge in [0.05, 0.1) is 15.5 Å². The Morgan fingerprint density at radius 2 is 2.00 bits per heavy atom. The zero-order chi connectivity index (χ0) is 18.8. The molecule has 0 spiro atoms. The van der Waals surface area contributed by atoms with Gasteiger partial charge in [0, 0.05) is 18.0 Å². The van der Waals surface area contributed by atoms with Gasteiger partial charge in [-0.05, 0) is 52.9 Å². The van der Waals surface area contributed by atoms with Crippen LogP contribution in [-0.2, 0) is 16.4 Å². The second-order valence-electron chi connectivity index (χ2n) is 6.91. The Balaban J connectivity index is 2.37. The van der Waals surface area contributed by atoms with Crippen LogP contribution in [0.15, 0.2) is 27.6 Å². The monoisotopic (exact) mass is 386 g/mol. The highest BCUT2D eigenvalue weighted by molar-refractivity contribution is 7.89. The molecule has 2 N–H and O–H groups in total. The fourth-order valence-electron chi connectivity index (χ4n) is 2.12. The largest absolute Gasteiger partial charge is 0.334 e. The Kier molecular flexibility index (Phi) is 5.88. The molecule has 138 valence electrons. The zero-order valence-electron chi connectivity index (χ0n) is 14.9. The van der Waals surface area contributed by atoms with E-state index < -0.39 is 15.6 Å². The highest BCUT2D eigenvalue weighted by Crippen LogP contribution is 2.29. The topological polar surface area (TPSA) is 97.1 Å². The molecule has 1 unspecified atom stereocenters. The number of hydrogen-bond acceptors (Lipinski definition) is 6. The number of halogens is 1. The number of benzene rings is 1. The minimum Gasteiger partial charge on any atom is -0.334 e. The summed E-state index contributed by atoms with van der Waals surface area (Å²) in [7, 11) is -1.84. The molecular weight excluding hydrogens is 364 g/mol. The molecule has 0 fully saturated rings. The Bertz CT molecular complexity index is 843. The van der Waals surface area contributed by atoms with E-state index in [0.717, 1.165) is 0 Å². The van der Waals surface area contributed by atoms with Crippen molar-refractivity contribution in [3.63, 3.8) is 0 Å². The van der Waals surface area contributed by atoms with Gasteiger partial charge in [-0.25, -0.2) is 13.1 Å². The minimum atomic E-state index is -3.69. The highest BCUT2D eigenvalue weighted by Gasteiger charge is 2.24. The van der Waals surface area contributed by atoms with Gasteiger partial charge in [-0.3, -0.25) is 0 Å². The smallest absolute Gasteiger partial charge is 0.259 e. The maximum atomic E-state index is 12.5. The third kappa shape index (κ3) is 5.24. The maximum absolute atomic E-state index is 12.5. The molecule has 2 aromatic rings. The molecule has 0 aliphatic heterocycles. The molecule has 7 nitrogen and oxygen atoms in total. The van der Waals surface area contributed by atoms with E-state index in [2.05, 4.69) is 20.2 Å². The van der Waals surface area contributed by atoms with E-state index in [-0.39, 0.29) is 16.8 Å². The van der Waals surface area contributed by atoms with Crippen LogP contribution in [0.5, 0.6) is 0 Å². The van der Waals surface area contributed by atoms with Gasteiger partial charge in [0.1, 0.15) is 0 Å². The number of nitrogens with one attached hydrogen (secondary N) is 2. The van der Waals surface area contributed by atoms with Crippen LogP contribution in [0.4, 0.5) is 0 Å². The Labute approximate surface area is 153 Å². The normalized spacial score (nSPS) is 13.8. The van der Waals surface area contributed by atoms with E-state index in [4.69, 9.17) is 16.1 Å². The molecule has 25 heavy (non-hydrogen) atoms. The first-order chi connectivity index (χ1) is 11.5. The number of likely N-dealkylation sites (N-methyl/N-ethyl adjacent to an activating group) is 1. The molecule has 0 aliphatic carbocycles. The molecule has 1 aromatic heterocycles. The molecule has 0 saturated carbocycles. The molecule has 0 aliphatic rings. The summed E-state index contributed by atoms with van der Waals surface area (Å²) in [6.07, 6.45) is 0.585. The minimum absolute atomic E-state index is 0.0881. The van der Waals surface area contributed by atoms with Crippen molar-refractivity contribution < 1.29 is 12.9 Å². The lowest BCUT2D eigenvalue weighted by molar-refractivity contribution is 0.418. The van der Waals surface area contributed by atoms with Gasteiger partial charge in [0.25, 0.3) is 5.89 Å². The van der Waals surface area contributed by atoms with Crippen molar-refractivity contribution in [3.8, 4) is 11.5 Å². The predicted molar refractivity (Wildman–Crippen MR) is 97.0 cm³/mol. The Morgan fingerprint density at radius 1 is 1.32 bits per heavy atom. The molecule has 0 bridgehead atoms. The summed E-state index contributed by atoms with van der Waals surface area (Å²) in [6.45, 7) is 7.31. The van der Waals surface area contributed by atoms with Gasteiger partial charge >= 0.3 is 0 Å². The third-order valence-corrected chi connectivity index (χ3v) is 5.45. The van der Waals surface area contributed by atoms with Crippen LogP contribution < -0.4 is 10.0 Å². The van der Waals surface area contributed by atoms with Crippen molar-refractivity contribution in [2.75, 3.05) is 7.05 Å². The summed E-state index contributed by atoms with van der Waals surface area (Å²) < 4.78 is 32.9. The molecular formula is C16H23ClN4O3S. The van der Waals surface area contributed by atoms with Crippen molar-refractivity contribution in [1.29, 1.82) is 0 Å². The van der Waals surface area contributed by atoms with Gasteiger partial charge < -0.3 is 9.84 Å². The van der Waals surface area contributed by atoms with Crippen LogP contribution in [0.25, 0.3) is 11.5 Å². The van der Waals surface area contributed by atoms with Gasteiger partial charge in [-0.1, -0.05) is 16.8 Å². The van der Waals surface area contributed by atoms with Crippen LogP contribution in [0, 0.1) is 0 Å². The average Bonchev–Trinajstić information content (AvgIpc) is 2.93. The lowest BCUT2D eigenvalue weighted by Crippen LogP contribution is -2.40. The quantitative estimate of drug-likeness (QED) is 0.792. The van der Waals surface area contributed by atoms with E-state index in [1.807, 2.05) is 14.0 Å². The number of sulfonamides is 1. The van der Waals surface area contributed by atoms with Gasteiger partial charge in [-0.15, -0.1) is 0 Å². The van der Waals surface area contributed by atoms with E-state index in [0.29, 0.717) is 22.8 Å². The fourth-order valence-corrected chi connectivity index (χ4v) is 3.76. The lowest BCUT2D eigenvalue weighted by atomic mass is 10.1. The standard InChI is InChI=1S/C16H23ClN4O3S/c1-10(18-5)8-14-19-15(24-20-14)12-9-11(6-7-13(12)17)25(22,23)21-16(2,3)4/h6-7,9-10,18,21H,8H2,1-5H3. The van der Waals surface area contributed by atoms with E-state index in [1.54, 1.807) is 20.8 Å². The summed E-state index contributed by atoms with van der Waals surface area (Å²) in [5.74, 6) is 0.713. The molecule has 1 atom stereocenters. The van der Waals surface area contributed by atoms with Crippen molar-refractivity contribution >= 4 is 21.6 Å². The van der Waals surface area contributed by atoms with Crippen LogP contribution in [0.2, 0.25) is 5.02 Å². The van der Waals surface area contributed by atoms with E-state index in [9.17, 15) is 8.42 Å². The number of nitrogens with zero attached hydrogens (tertiary/aromatic N) is 2. The maximum Gasteiger partial charge on any atom is 0.259 e. The second kappa shape index (κ2) is 7.41. The molecule has 0 amide bonds. The molecule has 1 heterocycles. The van der Waals surface area contributed by atoms with Crippen LogP contribution in [-0.4, -0.2) is 37.2 Å². The van der Waals surface area contributed by atoms with Crippen molar-refractivity contribution in [3.05, 3.63) is 29.0 Å². The van der Waals surface area contributed by atoms with Crippen molar-refractivity contribution in [2.45, 2.75) is 50.6 Å². The number of aromatic nitrogens is 2. The van der Waals surface area contributed by atoms with Crippen LogP contribution in [0.1, 0.15) is 33.5 Å². The predicted octanol–water partition coefficient (Wildman–Crippen LogP) is 2.62. The highest BCUT2D eigenvalue weighted by atomic mass is 35.5. The molecule has 2 rings (SSSR count). The van der Waals surface area contributed by atoms with Gasteiger partial charge in [0.15, 0.2) is 5.82 Å². The first kappa shape index (κ1) is 19.8. The summed E-state index contributed by atoms with van der Waals surface area (Å²) >= 11 is 6.20. The average molecular weight is 387 g/mol. The van der Waals surface area contributed by atoms with Crippen molar-refractivity contribution in [1.82, 2.24) is 20.2 Å². The van der Waals surface area contributed by atoms with Crippen LogP contribution >= 0.6 is 11.6 Å². The number of rotatable bonds is 6. The summed E-state index contributed by atoms with van der Waals surface area (Å²) in [6, 6.07) is 4.58. The Morgan fingerprint density at radius 3 is 2.60 bits per heavy atom. The first-order valence-corrected chi connectivity index (χ1v) is 9.72. The molecule has 0 radical (unpaired) electrons. The molecule has 9 heteroatoms. The second-order valence-corrected chi connectivity index (χ2v) is 9.00. The summed E-state index contributed by atoms with van der Waals surface area (Å²) in [5, 5.41) is 7.35. The Hall–Kier alpha value is -1.48. The third-order valence-electron chi connectivity index (χ3n) is 3.37. The molecule has 1 aromatic carbocycles. The van der Waals surface area contributed by atoms with E-state index in [1.165, 1.54) is 18.2 Å². The van der Waals surface area contributed by atoms with Crippen molar-refractivity contribution in [2.24, 2.45) is 0 Å². The molecule has 0 saturated heterocycles. The zero-order valence-corrected chi connectivity index (χ0v) is 16.5. The summed E-state index contributed by atoms with van der Waals surface area (Å²) in [4.78, 5) is 4.40. The fraction of sp³-hybridized carbons (Fsp3) is 0.500. The van der Waals surface area contributed by atoms with Crippen LogP contribution in [0.3, 0.4) is 0 Å².